The van der Waals surface area contributed by atoms with Gasteiger partial charge in [-0.3, -0.25) is 0 Å². The Morgan fingerprint density at radius 2 is 2.11 bits per heavy atom. The SMILES string of the molecule is CCCCCCCC(/C=C/I)OC1CCCCO1. The zero-order valence-electron chi connectivity index (χ0n) is 11.6. The van der Waals surface area contributed by atoms with Crippen molar-refractivity contribution in [2.45, 2.75) is 77.1 Å². The largest absolute Gasteiger partial charge is 0.353 e. The molecule has 1 heterocycles. The monoisotopic (exact) mass is 366 g/mol. The Kier molecular flexibility index (Phi) is 10.3. The van der Waals surface area contributed by atoms with E-state index in [4.69, 9.17) is 9.47 Å². The van der Waals surface area contributed by atoms with Crippen LogP contribution in [-0.2, 0) is 9.47 Å². The Balaban J connectivity index is 2.17. The molecule has 2 nitrogen and oxygen atoms in total. The minimum absolute atomic E-state index is 0.0343. The van der Waals surface area contributed by atoms with Gasteiger partial charge in [-0.1, -0.05) is 61.6 Å². The van der Waals surface area contributed by atoms with Crippen LogP contribution in [0.2, 0.25) is 0 Å². The fourth-order valence-corrected chi connectivity index (χ4v) is 2.72. The maximum Gasteiger partial charge on any atom is 0.158 e. The summed E-state index contributed by atoms with van der Waals surface area (Å²) >= 11 is 2.27. The zero-order valence-corrected chi connectivity index (χ0v) is 13.7. The van der Waals surface area contributed by atoms with Gasteiger partial charge in [-0.2, -0.15) is 0 Å². The van der Waals surface area contributed by atoms with E-state index < -0.39 is 0 Å². The van der Waals surface area contributed by atoms with E-state index in [0.717, 1.165) is 19.4 Å². The van der Waals surface area contributed by atoms with E-state index in [-0.39, 0.29) is 12.4 Å². The summed E-state index contributed by atoms with van der Waals surface area (Å²) in [4.78, 5) is 0. The lowest BCUT2D eigenvalue weighted by Gasteiger charge is -2.26. The van der Waals surface area contributed by atoms with Crippen LogP contribution in [0, 0.1) is 0 Å². The van der Waals surface area contributed by atoms with Gasteiger partial charge in [0.25, 0.3) is 0 Å². The van der Waals surface area contributed by atoms with Gasteiger partial charge in [0, 0.05) is 6.61 Å². The van der Waals surface area contributed by atoms with Gasteiger partial charge in [-0.15, -0.1) is 0 Å². The number of hydrogen-bond acceptors (Lipinski definition) is 2. The first kappa shape index (κ1) is 16.4. The fourth-order valence-electron chi connectivity index (χ4n) is 2.25. The first-order valence-electron chi connectivity index (χ1n) is 7.40. The molecule has 0 aromatic carbocycles. The normalized spacial score (nSPS) is 22.4. The highest BCUT2D eigenvalue weighted by Gasteiger charge is 2.17. The van der Waals surface area contributed by atoms with E-state index >= 15 is 0 Å². The van der Waals surface area contributed by atoms with Crippen molar-refractivity contribution in [3.63, 3.8) is 0 Å². The summed E-state index contributed by atoms with van der Waals surface area (Å²) in [6, 6.07) is 0. The molecule has 1 fully saturated rings. The Morgan fingerprint density at radius 3 is 2.78 bits per heavy atom. The van der Waals surface area contributed by atoms with E-state index in [0.29, 0.717) is 0 Å². The number of ether oxygens (including phenoxy) is 2. The van der Waals surface area contributed by atoms with Crippen molar-refractivity contribution in [1.29, 1.82) is 0 Å². The highest BCUT2D eigenvalue weighted by Crippen LogP contribution is 2.19. The lowest BCUT2D eigenvalue weighted by molar-refractivity contribution is -0.179. The molecule has 0 aromatic rings. The molecule has 0 amide bonds. The van der Waals surface area contributed by atoms with E-state index in [9.17, 15) is 0 Å². The van der Waals surface area contributed by atoms with Crippen LogP contribution in [0.15, 0.2) is 10.2 Å². The molecule has 3 heteroatoms. The Bertz CT molecular complexity index is 213. The average molecular weight is 366 g/mol. The number of hydrogen-bond donors (Lipinski definition) is 0. The van der Waals surface area contributed by atoms with E-state index in [1.165, 1.54) is 44.9 Å². The molecule has 0 N–H and O–H groups in total. The molecule has 1 aliphatic rings. The van der Waals surface area contributed by atoms with Crippen molar-refractivity contribution in [2.75, 3.05) is 6.61 Å². The van der Waals surface area contributed by atoms with Crippen LogP contribution in [0.25, 0.3) is 0 Å². The zero-order chi connectivity index (χ0) is 13.1. The van der Waals surface area contributed by atoms with Crippen LogP contribution < -0.4 is 0 Å². The van der Waals surface area contributed by atoms with Crippen molar-refractivity contribution < 1.29 is 9.47 Å². The highest BCUT2D eigenvalue weighted by molar-refractivity contribution is 14.1. The third-order valence-corrected chi connectivity index (χ3v) is 3.76. The average Bonchev–Trinajstić information content (AvgIpc) is 2.40. The molecule has 2 unspecified atom stereocenters. The lowest BCUT2D eigenvalue weighted by atomic mass is 10.1. The fraction of sp³-hybridized carbons (Fsp3) is 0.867. The minimum Gasteiger partial charge on any atom is -0.353 e. The number of rotatable bonds is 9. The number of unbranched alkanes of at least 4 members (excludes halogenated alkanes) is 4. The summed E-state index contributed by atoms with van der Waals surface area (Å²) in [5, 5.41) is 0. The molecule has 2 atom stereocenters. The molecule has 0 saturated carbocycles. The predicted octanol–water partition coefficient (Wildman–Crippen LogP) is 5.21. The second-order valence-electron chi connectivity index (χ2n) is 4.99. The molecule has 18 heavy (non-hydrogen) atoms. The molecule has 0 aromatic heterocycles. The molecule has 0 bridgehead atoms. The summed E-state index contributed by atoms with van der Waals surface area (Å²) in [7, 11) is 0. The molecule has 0 aliphatic carbocycles. The summed E-state index contributed by atoms with van der Waals surface area (Å²) in [5.41, 5.74) is 0. The molecule has 1 aliphatic heterocycles. The molecule has 0 spiro atoms. The number of halogens is 1. The van der Waals surface area contributed by atoms with Gasteiger partial charge in [0.05, 0.1) is 6.10 Å². The van der Waals surface area contributed by atoms with Gasteiger partial charge in [0.15, 0.2) is 6.29 Å². The minimum atomic E-state index is 0.0343. The van der Waals surface area contributed by atoms with Crippen molar-refractivity contribution >= 4 is 22.6 Å². The first-order valence-corrected chi connectivity index (χ1v) is 8.65. The van der Waals surface area contributed by atoms with Crippen molar-refractivity contribution in [3.05, 3.63) is 10.2 Å². The molecular formula is C15H27IO2. The van der Waals surface area contributed by atoms with E-state index in [1.807, 2.05) is 0 Å². The Labute approximate surface area is 126 Å². The van der Waals surface area contributed by atoms with Gasteiger partial charge in [0.1, 0.15) is 0 Å². The lowest BCUT2D eigenvalue weighted by Crippen LogP contribution is -2.27. The smallest absolute Gasteiger partial charge is 0.158 e. The molecule has 1 saturated heterocycles. The highest BCUT2D eigenvalue weighted by atomic mass is 127. The van der Waals surface area contributed by atoms with Gasteiger partial charge in [0.2, 0.25) is 0 Å². The third-order valence-electron chi connectivity index (χ3n) is 3.34. The van der Waals surface area contributed by atoms with Crippen LogP contribution in [-0.4, -0.2) is 19.0 Å². The molecular weight excluding hydrogens is 339 g/mol. The summed E-state index contributed by atoms with van der Waals surface area (Å²) in [6.45, 7) is 3.12. The Morgan fingerprint density at radius 1 is 1.28 bits per heavy atom. The van der Waals surface area contributed by atoms with Crippen LogP contribution in [0.3, 0.4) is 0 Å². The quantitative estimate of drug-likeness (QED) is 0.412. The van der Waals surface area contributed by atoms with Crippen LogP contribution in [0.4, 0.5) is 0 Å². The van der Waals surface area contributed by atoms with E-state index in [2.05, 4.69) is 39.7 Å². The maximum absolute atomic E-state index is 6.02. The Hall–Kier alpha value is 0.390. The van der Waals surface area contributed by atoms with Crippen LogP contribution in [0.5, 0.6) is 0 Å². The van der Waals surface area contributed by atoms with Crippen molar-refractivity contribution in [1.82, 2.24) is 0 Å². The second-order valence-corrected chi connectivity index (χ2v) is 5.71. The van der Waals surface area contributed by atoms with Crippen molar-refractivity contribution in [2.24, 2.45) is 0 Å². The summed E-state index contributed by atoms with van der Waals surface area (Å²) in [5.74, 6) is 0. The summed E-state index contributed by atoms with van der Waals surface area (Å²) in [6.07, 6.45) is 13.7. The van der Waals surface area contributed by atoms with Gasteiger partial charge >= 0.3 is 0 Å². The van der Waals surface area contributed by atoms with Gasteiger partial charge < -0.3 is 9.47 Å². The molecule has 106 valence electrons. The molecule has 0 radical (unpaired) electrons. The van der Waals surface area contributed by atoms with E-state index in [1.54, 1.807) is 0 Å². The van der Waals surface area contributed by atoms with Gasteiger partial charge in [-0.05, 0) is 35.8 Å². The van der Waals surface area contributed by atoms with Gasteiger partial charge in [-0.25, -0.2) is 0 Å². The topological polar surface area (TPSA) is 18.5 Å². The van der Waals surface area contributed by atoms with Crippen molar-refractivity contribution in [3.8, 4) is 0 Å². The predicted molar refractivity (Wildman–Crippen MR) is 85.0 cm³/mol. The first-order chi connectivity index (χ1) is 8.86. The van der Waals surface area contributed by atoms with Crippen LogP contribution >= 0.6 is 22.6 Å². The second kappa shape index (κ2) is 11.2. The standard InChI is InChI=1S/C15H27IO2/c1-2-3-4-5-6-9-14(11-12-16)18-15-10-7-8-13-17-15/h11-12,14-15H,2-10,13H2,1H3/b12-11+. The van der Waals surface area contributed by atoms with Crippen LogP contribution in [0.1, 0.15) is 64.7 Å². The third kappa shape index (κ3) is 7.74. The molecule has 1 rings (SSSR count). The summed E-state index contributed by atoms with van der Waals surface area (Å²) < 4.78 is 13.7. The maximum atomic E-state index is 6.02.